The Morgan fingerprint density at radius 2 is 1.60 bits per heavy atom. The first-order valence-electron chi connectivity index (χ1n) is 17.4. The quantitative estimate of drug-likeness (QED) is 0.0428. The van der Waals surface area contributed by atoms with Crippen molar-refractivity contribution in [1.82, 2.24) is 30.2 Å². The third-order valence-corrected chi connectivity index (χ3v) is 12.3. The molecule has 2 aliphatic rings. The van der Waals surface area contributed by atoms with E-state index in [0.717, 1.165) is 29.0 Å². The number of aromatic nitrogens is 4. The minimum absolute atomic E-state index is 0.0103. The third-order valence-electron chi connectivity index (χ3n) is 8.54. The van der Waals surface area contributed by atoms with Crippen LogP contribution >= 0.6 is 35.2 Å². The second kappa shape index (κ2) is 20.7. The Labute approximate surface area is 343 Å². The zero-order valence-corrected chi connectivity index (χ0v) is 35.1. The largest absolute Gasteiger partial charge is 0.790 e. The third kappa shape index (κ3) is 14.0. The number of nitrogens with one attached hydrogen (secondary N) is 2. The average Bonchev–Trinajstić information content (AvgIpc) is 3.80. The van der Waals surface area contributed by atoms with Crippen molar-refractivity contribution in [2.45, 2.75) is 82.4 Å². The molecule has 2 saturated heterocycles. The van der Waals surface area contributed by atoms with Gasteiger partial charge >= 0.3 is 0 Å². The van der Waals surface area contributed by atoms with Crippen LogP contribution in [0.2, 0.25) is 0 Å². The van der Waals surface area contributed by atoms with Crippen molar-refractivity contribution < 1.29 is 100 Å². The smallest absolute Gasteiger partial charge is 0.274 e. The number of carbonyl (C=O) groups excluding carboxylic acids is 3. The normalized spacial score (nSPS) is 27.3. The molecule has 32 heteroatoms. The number of imidazole rings is 1. The van der Waals surface area contributed by atoms with Crippen molar-refractivity contribution >= 4 is 69.1 Å². The van der Waals surface area contributed by atoms with E-state index in [9.17, 15) is 68.1 Å². The van der Waals surface area contributed by atoms with Gasteiger partial charge in [0.25, 0.3) is 15.6 Å². The first-order chi connectivity index (χ1) is 27.8. The summed E-state index contributed by atoms with van der Waals surface area (Å²) in [6.07, 6.45) is -14.2. The van der Waals surface area contributed by atoms with Gasteiger partial charge in [-0.3, -0.25) is 28.1 Å². The van der Waals surface area contributed by atoms with Crippen LogP contribution in [0, 0.1) is 5.41 Å². The van der Waals surface area contributed by atoms with Gasteiger partial charge in [0.2, 0.25) is 11.8 Å². The number of thioether (sulfide) groups is 1. The fourth-order valence-corrected chi connectivity index (χ4v) is 8.45. The summed E-state index contributed by atoms with van der Waals surface area (Å²) in [6, 6.07) is 0. The van der Waals surface area contributed by atoms with Crippen LogP contribution in [0.1, 0.15) is 33.4 Å². The number of nitrogens with two attached hydrogens (primary N) is 1. The van der Waals surface area contributed by atoms with Gasteiger partial charge in [0, 0.05) is 37.6 Å². The van der Waals surface area contributed by atoms with E-state index < -0.39 is 116 Å². The van der Waals surface area contributed by atoms with E-state index in [1.807, 2.05) is 0 Å². The molecule has 0 aromatic carbocycles. The lowest BCUT2D eigenvalue weighted by Gasteiger charge is -2.35. The zero-order chi connectivity index (χ0) is 44.8. The van der Waals surface area contributed by atoms with E-state index in [4.69, 9.17) is 19.9 Å². The summed E-state index contributed by atoms with van der Waals surface area (Å²) in [4.78, 5) is 94.4. The maximum atomic E-state index is 12.7. The van der Waals surface area contributed by atoms with E-state index in [-0.39, 0.29) is 41.6 Å². The van der Waals surface area contributed by atoms with Crippen molar-refractivity contribution in [1.29, 1.82) is 0 Å². The lowest BCUT2D eigenvalue weighted by Crippen LogP contribution is -2.46. The highest BCUT2D eigenvalue weighted by atomic mass is 32.2. The fourth-order valence-electron chi connectivity index (χ4n) is 5.45. The Morgan fingerprint density at radius 3 is 2.27 bits per heavy atom. The van der Waals surface area contributed by atoms with E-state index in [0.29, 0.717) is 5.75 Å². The summed E-state index contributed by atoms with van der Waals surface area (Å²) in [5, 5.41) is 47.4. The van der Waals surface area contributed by atoms with Crippen molar-refractivity contribution in [2.24, 2.45) is 5.41 Å². The molecule has 340 valence electrons. The molecule has 2 unspecified atom stereocenters. The number of nitrogen functional groups attached to an aromatic ring is 1. The maximum Gasteiger partial charge on any atom is 0.274 e. The van der Waals surface area contributed by atoms with Crippen LogP contribution in [0.3, 0.4) is 0 Å². The zero-order valence-electron chi connectivity index (χ0n) is 31.6. The van der Waals surface area contributed by atoms with Gasteiger partial charge in [-0.15, -0.1) is 0 Å². The topological polar surface area (TPSA) is 434 Å². The van der Waals surface area contributed by atoms with Crippen molar-refractivity contribution in [2.75, 3.05) is 44.4 Å². The SMILES string of the molecule is CC(=O)SCCNC(=O)CCNC(=O)[C@H](O)C(C)(C)COP(=O)([O-])OP(=O)([O-])OC[C@H]1O[C@@H](n2cnc3c(N)ncnc32)[C@H](O[C@@H]2O[C@H](COP(=O)([O-])[O-])[C@@H](O)[C@H]2O)[C@@H]1O. The van der Waals surface area contributed by atoms with Crippen molar-refractivity contribution in [3.8, 4) is 0 Å². The van der Waals surface area contributed by atoms with Gasteiger partial charge in [0.05, 0.1) is 34.0 Å². The number of phosphoric ester groups is 3. The highest BCUT2D eigenvalue weighted by molar-refractivity contribution is 8.13. The Hall–Kier alpha value is -2.60. The van der Waals surface area contributed by atoms with Gasteiger partial charge in [0.1, 0.15) is 54.6 Å². The number of aliphatic hydroxyl groups excluding tert-OH is 4. The Kier molecular flexibility index (Phi) is 17.3. The first kappa shape index (κ1) is 50.0. The predicted molar refractivity (Wildman–Crippen MR) is 191 cm³/mol. The number of carbonyl (C=O) groups is 3. The van der Waals surface area contributed by atoms with E-state index in [2.05, 4.69) is 43.5 Å². The summed E-state index contributed by atoms with van der Waals surface area (Å²) in [5.41, 5.74) is 4.18. The Morgan fingerprint density at radius 1 is 0.950 bits per heavy atom. The molecule has 2 aromatic heterocycles. The number of nitrogens with zero attached hydrogens (tertiary/aromatic N) is 4. The van der Waals surface area contributed by atoms with Crippen LogP contribution in [0.25, 0.3) is 11.2 Å². The lowest BCUT2D eigenvalue weighted by atomic mass is 9.87. The molecule has 2 fully saturated rings. The molecule has 0 aliphatic carbocycles. The van der Waals surface area contributed by atoms with Crippen LogP contribution in [0.15, 0.2) is 12.7 Å². The second-order valence-electron chi connectivity index (χ2n) is 13.7. The van der Waals surface area contributed by atoms with E-state index >= 15 is 0 Å². The molecule has 2 aromatic rings. The van der Waals surface area contributed by atoms with E-state index in [1.54, 1.807) is 0 Å². The van der Waals surface area contributed by atoms with Gasteiger partial charge in [-0.1, -0.05) is 25.6 Å². The first-order valence-corrected chi connectivity index (χ1v) is 22.8. The highest BCUT2D eigenvalue weighted by Gasteiger charge is 2.52. The molecule has 0 radical (unpaired) electrons. The second-order valence-corrected chi connectivity index (χ2v) is 19.1. The van der Waals surface area contributed by atoms with Gasteiger partial charge in [-0.2, -0.15) is 0 Å². The summed E-state index contributed by atoms with van der Waals surface area (Å²) in [7, 11) is -17.3. The molecule has 8 N–H and O–H groups in total. The van der Waals surface area contributed by atoms with Crippen LogP contribution in [0.5, 0.6) is 0 Å². The molecule has 4 heterocycles. The number of rotatable bonds is 22. The van der Waals surface area contributed by atoms with E-state index in [1.165, 1.54) is 20.8 Å². The fraction of sp³-hybridized carbons (Fsp3) is 0.714. The summed E-state index contributed by atoms with van der Waals surface area (Å²) in [6.45, 7) is 0.544. The molecule has 4 rings (SSSR count). The van der Waals surface area contributed by atoms with Crippen molar-refractivity contribution in [3.05, 3.63) is 12.7 Å². The number of anilines is 1. The summed E-state index contributed by atoms with van der Waals surface area (Å²) < 4.78 is 71.7. The predicted octanol–water partition coefficient (Wildman–Crippen LogP) is -5.38. The highest BCUT2D eigenvalue weighted by Crippen LogP contribution is 2.56. The standard InChI is InChI=1S/C28H46N7O21P3S/c1-13(36)60-7-6-30-16(37)4-5-31-25(42)22(41)28(2,3)10-52-59(48,49)56-58(46,47)51-9-15-19(39)21(26(53-15)35-12-34-17-23(29)32-11-33-24(17)35)55-27-20(40)18(38)14(54-27)8-50-57(43,44)45/h11-12,14-15,18-22,26-27,38-41H,4-10H2,1-3H3,(H,30,37)(H,31,42)(H,46,47)(H,48,49)(H2,29,32,33)(H2,43,44,45)/p-4/t14-,15-,18-,19-,20-,21-,22+,26-,27+/m1/s1. The number of ether oxygens (including phenoxy) is 3. The van der Waals surface area contributed by atoms with Crippen molar-refractivity contribution in [3.63, 3.8) is 0 Å². The molecule has 0 spiro atoms. The van der Waals surface area contributed by atoms with Crippen LogP contribution < -0.4 is 35.9 Å². The molecule has 2 aliphatic heterocycles. The molecule has 11 atom stereocenters. The van der Waals surface area contributed by atoms with Gasteiger partial charge in [-0.05, 0) is 0 Å². The van der Waals surface area contributed by atoms with Crippen LogP contribution in [-0.4, -0.2) is 145 Å². The maximum absolute atomic E-state index is 12.7. The molecular weight excluding hydrogens is 895 g/mol. The number of phosphoric acid groups is 3. The molecule has 60 heavy (non-hydrogen) atoms. The van der Waals surface area contributed by atoms with Gasteiger partial charge in [0.15, 0.2) is 29.1 Å². The summed E-state index contributed by atoms with van der Waals surface area (Å²) in [5.74, 6) is -1.23. The minimum Gasteiger partial charge on any atom is -0.790 e. The number of amides is 2. The molecule has 0 bridgehead atoms. The number of hydrogen-bond acceptors (Lipinski definition) is 26. The Balaban J connectivity index is 1.36. The number of hydrogen-bond donors (Lipinski definition) is 7. The number of aliphatic hydroxyl groups is 4. The summed E-state index contributed by atoms with van der Waals surface area (Å²) >= 11 is 1.01. The average molecular weight is 938 g/mol. The molecular formula is C28H42N7O21P3S-4. The molecule has 2 amide bonds. The van der Waals surface area contributed by atoms with Gasteiger partial charge in [-0.25, -0.2) is 19.3 Å². The van der Waals surface area contributed by atoms with Crippen LogP contribution in [-0.2, 0) is 60.2 Å². The van der Waals surface area contributed by atoms with Crippen LogP contribution in [0.4, 0.5) is 5.82 Å². The lowest BCUT2D eigenvalue weighted by molar-refractivity contribution is -0.343. The Bertz CT molecular complexity index is 1980. The number of fused-ring (bicyclic) bond motifs is 1. The monoisotopic (exact) mass is 937 g/mol. The molecule has 28 nitrogen and oxygen atoms in total. The minimum atomic E-state index is -5.90. The molecule has 0 saturated carbocycles. The van der Waals surface area contributed by atoms with Gasteiger partial charge < -0.3 is 88.7 Å².